The number of Topliss-reactive ketones (excluding diaryl/α,β-unsaturated/α-hetero) is 1. The smallest absolute Gasteiger partial charge is 0.319 e. The third-order valence-electron chi connectivity index (χ3n) is 4.82. The van der Waals surface area contributed by atoms with Crippen LogP contribution >= 0.6 is 0 Å². The molecule has 7 heteroatoms. The molecule has 1 aliphatic heterocycles. The highest BCUT2D eigenvalue weighted by molar-refractivity contribution is 5.98. The molecule has 0 unspecified atom stereocenters. The fourth-order valence-electron chi connectivity index (χ4n) is 3.43. The first-order valence-corrected chi connectivity index (χ1v) is 9.77. The molecule has 156 valence electrons. The average Bonchev–Trinajstić information content (AvgIpc) is 2.72. The molecule has 3 N–H and O–H groups in total. The zero-order valence-corrected chi connectivity index (χ0v) is 17.0. The maximum atomic E-state index is 12.2. The summed E-state index contributed by atoms with van der Waals surface area (Å²) in [4.78, 5) is 36.3. The van der Waals surface area contributed by atoms with Crippen LogP contribution in [0, 0.1) is 0 Å². The molecular formula is C23H25N3O4. The predicted molar refractivity (Wildman–Crippen MR) is 113 cm³/mol. The molecular weight excluding hydrogens is 382 g/mol. The Kier molecular flexibility index (Phi) is 6.85. The second-order valence-corrected chi connectivity index (χ2v) is 7.04. The van der Waals surface area contributed by atoms with Crippen molar-refractivity contribution in [3.05, 3.63) is 77.0 Å². The van der Waals surface area contributed by atoms with Crippen LogP contribution in [0.1, 0.15) is 31.0 Å². The van der Waals surface area contributed by atoms with E-state index >= 15 is 0 Å². The Balaban J connectivity index is 1.65. The van der Waals surface area contributed by atoms with E-state index in [2.05, 4.69) is 16.0 Å². The van der Waals surface area contributed by atoms with Gasteiger partial charge in [0.25, 0.3) is 5.91 Å². The summed E-state index contributed by atoms with van der Waals surface area (Å²) in [5.74, 6) is 0.0431. The number of carbonyl (C=O) groups excluding carboxylic acids is 3. The summed E-state index contributed by atoms with van der Waals surface area (Å²) in [5.41, 5.74) is 2.72. The maximum Gasteiger partial charge on any atom is 0.319 e. The van der Waals surface area contributed by atoms with E-state index in [4.69, 9.17) is 4.74 Å². The number of hydrogen-bond donors (Lipinski definition) is 3. The van der Waals surface area contributed by atoms with E-state index in [0.29, 0.717) is 29.1 Å². The lowest BCUT2D eigenvalue weighted by Gasteiger charge is -2.29. The lowest BCUT2D eigenvalue weighted by Crippen LogP contribution is -2.44. The van der Waals surface area contributed by atoms with Gasteiger partial charge in [-0.3, -0.25) is 9.59 Å². The first kappa shape index (κ1) is 21.1. The van der Waals surface area contributed by atoms with Gasteiger partial charge in [-0.2, -0.15) is 0 Å². The summed E-state index contributed by atoms with van der Waals surface area (Å²) >= 11 is 0. The van der Waals surface area contributed by atoms with E-state index < -0.39 is 12.1 Å². The molecule has 0 saturated carbocycles. The molecule has 0 spiro atoms. The van der Waals surface area contributed by atoms with Crippen molar-refractivity contribution in [2.75, 3.05) is 13.2 Å². The Bertz CT molecular complexity index is 969. The van der Waals surface area contributed by atoms with Crippen molar-refractivity contribution >= 4 is 17.7 Å². The highest BCUT2D eigenvalue weighted by atomic mass is 16.5. The van der Waals surface area contributed by atoms with E-state index in [1.165, 1.54) is 6.92 Å². The van der Waals surface area contributed by atoms with E-state index in [-0.39, 0.29) is 18.3 Å². The zero-order chi connectivity index (χ0) is 21.5. The van der Waals surface area contributed by atoms with Gasteiger partial charge in [0.15, 0.2) is 12.4 Å². The van der Waals surface area contributed by atoms with E-state index in [0.717, 1.165) is 12.0 Å². The minimum Gasteiger partial charge on any atom is -0.483 e. The lowest BCUT2D eigenvalue weighted by molar-refractivity contribution is -0.123. The van der Waals surface area contributed by atoms with E-state index in [9.17, 15) is 14.4 Å². The molecule has 3 amide bonds. The predicted octanol–water partition coefficient (Wildman–Crippen LogP) is 2.64. The number of para-hydroxylation sites is 1. The Morgan fingerprint density at radius 2 is 1.77 bits per heavy atom. The summed E-state index contributed by atoms with van der Waals surface area (Å²) in [6, 6.07) is 15.9. The van der Waals surface area contributed by atoms with Crippen LogP contribution in [0.5, 0.6) is 5.75 Å². The van der Waals surface area contributed by atoms with E-state index in [1.54, 1.807) is 31.2 Å². The Morgan fingerprint density at radius 1 is 1.07 bits per heavy atom. The number of rotatable bonds is 8. The molecule has 0 radical (unpaired) electrons. The minimum absolute atomic E-state index is 0.154. The van der Waals surface area contributed by atoms with Gasteiger partial charge in [-0.15, -0.1) is 0 Å². The van der Waals surface area contributed by atoms with Crippen LogP contribution in [0.25, 0.3) is 0 Å². The molecule has 1 atom stereocenters. The second-order valence-electron chi connectivity index (χ2n) is 7.04. The summed E-state index contributed by atoms with van der Waals surface area (Å²) in [7, 11) is 0. The van der Waals surface area contributed by atoms with Crippen molar-refractivity contribution in [3.8, 4) is 5.75 Å². The molecule has 0 bridgehead atoms. The topological polar surface area (TPSA) is 96.5 Å². The Labute approximate surface area is 175 Å². The van der Waals surface area contributed by atoms with Gasteiger partial charge in [-0.1, -0.05) is 48.5 Å². The standard InChI is InChI=1S/C23H25N3O4/c1-15-21(16(2)27)22(26-23(29)25-15)18-10-6-7-11-19(18)30-14-20(28)24-13-12-17-8-4-3-5-9-17/h3-11,22H,12-14H2,1-2H3,(H,24,28)(H2,25,26,29)/t22-/m0/s1. The second kappa shape index (κ2) is 9.73. The number of ketones is 1. The van der Waals surface area contributed by atoms with Crippen molar-refractivity contribution in [3.63, 3.8) is 0 Å². The number of allylic oxidation sites excluding steroid dienone is 1. The molecule has 2 aromatic rings. The van der Waals surface area contributed by atoms with Crippen LogP contribution in [0.4, 0.5) is 4.79 Å². The Hall–Kier alpha value is -3.61. The molecule has 2 aromatic carbocycles. The first-order valence-electron chi connectivity index (χ1n) is 9.77. The van der Waals surface area contributed by atoms with Gasteiger partial charge >= 0.3 is 6.03 Å². The largest absolute Gasteiger partial charge is 0.483 e. The van der Waals surface area contributed by atoms with Crippen molar-refractivity contribution in [2.24, 2.45) is 0 Å². The number of carbonyl (C=O) groups is 3. The third-order valence-corrected chi connectivity index (χ3v) is 4.82. The summed E-state index contributed by atoms with van der Waals surface area (Å²) in [6.07, 6.45) is 0.732. The molecule has 30 heavy (non-hydrogen) atoms. The van der Waals surface area contributed by atoms with Crippen LogP contribution in [0.3, 0.4) is 0 Å². The highest BCUT2D eigenvalue weighted by Crippen LogP contribution is 2.33. The van der Waals surface area contributed by atoms with Crippen LogP contribution < -0.4 is 20.7 Å². The summed E-state index contributed by atoms with van der Waals surface area (Å²) < 4.78 is 5.74. The van der Waals surface area contributed by atoms with Crippen LogP contribution in [0.15, 0.2) is 65.9 Å². The SMILES string of the molecule is CC(=O)C1=C(C)NC(=O)N[C@H]1c1ccccc1OCC(=O)NCCc1ccccc1. The summed E-state index contributed by atoms with van der Waals surface area (Å²) in [5, 5.41) is 8.22. The van der Waals surface area contributed by atoms with Crippen LogP contribution in [-0.2, 0) is 16.0 Å². The fourth-order valence-corrected chi connectivity index (χ4v) is 3.43. The van der Waals surface area contributed by atoms with Gasteiger partial charge in [0.05, 0.1) is 6.04 Å². The molecule has 3 rings (SSSR count). The molecule has 7 nitrogen and oxygen atoms in total. The number of hydrogen-bond acceptors (Lipinski definition) is 4. The van der Waals surface area contributed by atoms with Crippen LogP contribution in [0.2, 0.25) is 0 Å². The van der Waals surface area contributed by atoms with Gasteiger partial charge in [0.2, 0.25) is 0 Å². The van der Waals surface area contributed by atoms with Crippen molar-refractivity contribution in [1.82, 2.24) is 16.0 Å². The van der Waals surface area contributed by atoms with Gasteiger partial charge in [-0.05, 0) is 31.9 Å². The third kappa shape index (κ3) is 5.26. The first-order chi connectivity index (χ1) is 14.5. The number of ether oxygens (including phenoxy) is 1. The van der Waals surface area contributed by atoms with Crippen LogP contribution in [-0.4, -0.2) is 30.9 Å². The van der Waals surface area contributed by atoms with Crippen molar-refractivity contribution < 1.29 is 19.1 Å². The monoisotopic (exact) mass is 407 g/mol. The number of urea groups is 1. The van der Waals surface area contributed by atoms with Gasteiger partial charge in [-0.25, -0.2) is 4.79 Å². The number of amides is 3. The van der Waals surface area contributed by atoms with Gasteiger partial charge < -0.3 is 20.7 Å². The van der Waals surface area contributed by atoms with Gasteiger partial charge in [0, 0.05) is 23.4 Å². The molecule has 0 aliphatic carbocycles. The minimum atomic E-state index is -0.645. The van der Waals surface area contributed by atoms with Crippen molar-refractivity contribution in [2.45, 2.75) is 26.3 Å². The van der Waals surface area contributed by atoms with Crippen molar-refractivity contribution in [1.29, 1.82) is 0 Å². The maximum absolute atomic E-state index is 12.2. The quantitative estimate of drug-likeness (QED) is 0.627. The number of nitrogens with one attached hydrogen (secondary N) is 3. The summed E-state index contributed by atoms with van der Waals surface area (Å²) in [6.45, 7) is 3.48. The zero-order valence-electron chi connectivity index (χ0n) is 17.0. The molecule has 1 heterocycles. The highest BCUT2D eigenvalue weighted by Gasteiger charge is 2.31. The molecule has 0 fully saturated rings. The van der Waals surface area contributed by atoms with Gasteiger partial charge in [0.1, 0.15) is 5.75 Å². The molecule has 1 aliphatic rings. The molecule has 0 saturated heterocycles. The molecule has 0 aromatic heterocycles. The number of benzene rings is 2. The lowest BCUT2D eigenvalue weighted by atomic mass is 9.92. The van der Waals surface area contributed by atoms with E-state index in [1.807, 2.05) is 30.3 Å². The average molecular weight is 407 g/mol. The Morgan fingerprint density at radius 3 is 2.50 bits per heavy atom. The fraction of sp³-hybridized carbons (Fsp3) is 0.261. The normalized spacial score (nSPS) is 15.8.